The van der Waals surface area contributed by atoms with Crippen molar-refractivity contribution < 1.29 is 18.3 Å². The fraction of sp³-hybridized carbons (Fsp3) is 0.375. The highest BCUT2D eigenvalue weighted by Gasteiger charge is 2.31. The molecule has 1 atom stereocenters. The summed E-state index contributed by atoms with van der Waals surface area (Å²) in [6.07, 6.45) is 0.584. The van der Waals surface area contributed by atoms with Crippen LogP contribution in [0, 0.1) is 6.92 Å². The summed E-state index contributed by atoms with van der Waals surface area (Å²) in [6, 6.07) is 6.59. The van der Waals surface area contributed by atoms with E-state index in [4.69, 9.17) is 0 Å². The molecule has 1 aliphatic rings. The number of benzene rings is 1. The van der Waals surface area contributed by atoms with Gasteiger partial charge in [-0.2, -0.15) is 0 Å². The maximum Gasteiger partial charge on any atom is 0.335 e. The van der Waals surface area contributed by atoms with Crippen molar-refractivity contribution in [3.63, 3.8) is 0 Å². The quantitative estimate of drug-likeness (QED) is 0.922. The lowest BCUT2D eigenvalue weighted by Crippen LogP contribution is -2.32. The summed E-state index contributed by atoms with van der Waals surface area (Å²) in [5.74, 6) is -0.667. The highest BCUT2D eigenvalue weighted by atomic mass is 32.2. The summed E-state index contributed by atoms with van der Waals surface area (Å²) in [6.45, 7) is 1.87. The predicted molar refractivity (Wildman–Crippen MR) is 88.9 cm³/mol. The van der Waals surface area contributed by atoms with Crippen LogP contribution >= 0.6 is 0 Å². The number of aromatic nitrogens is 1. The first-order chi connectivity index (χ1) is 10.8. The van der Waals surface area contributed by atoms with Gasteiger partial charge in [0.2, 0.25) is 0 Å². The van der Waals surface area contributed by atoms with E-state index < -0.39 is 15.8 Å². The van der Waals surface area contributed by atoms with Crippen molar-refractivity contribution in [3.8, 4) is 0 Å². The fourth-order valence-electron chi connectivity index (χ4n) is 3.04. The van der Waals surface area contributed by atoms with Crippen LogP contribution in [0.4, 0.5) is 5.69 Å². The first-order valence-corrected chi connectivity index (χ1v) is 9.17. The Bertz CT molecular complexity index is 892. The Hall–Kier alpha value is -2.15. The van der Waals surface area contributed by atoms with Crippen LogP contribution in [0.3, 0.4) is 0 Å². The standard InChI is InChI=1S/C16H18N2O4S/c1-10-7-15(18(2)12-5-6-23(21,22)9-12)13-8-11(16(19)20)3-4-14(13)17-10/h3-4,7-8,12H,5-6,9H2,1-2H3,(H,19,20). The highest BCUT2D eigenvalue weighted by molar-refractivity contribution is 7.91. The molecule has 0 spiro atoms. The van der Waals surface area contributed by atoms with Crippen LogP contribution in [0.1, 0.15) is 22.5 Å². The Labute approximate surface area is 134 Å². The monoisotopic (exact) mass is 334 g/mol. The van der Waals surface area contributed by atoms with Crippen LogP contribution in [-0.2, 0) is 9.84 Å². The van der Waals surface area contributed by atoms with Gasteiger partial charge in [-0.25, -0.2) is 13.2 Å². The third-order valence-corrected chi connectivity index (χ3v) is 6.05. The van der Waals surface area contributed by atoms with Crippen molar-refractivity contribution in [2.45, 2.75) is 19.4 Å². The van der Waals surface area contributed by atoms with E-state index in [1.807, 2.05) is 24.9 Å². The van der Waals surface area contributed by atoms with Gasteiger partial charge in [0, 0.05) is 29.9 Å². The van der Waals surface area contributed by atoms with Gasteiger partial charge in [0.15, 0.2) is 9.84 Å². The number of hydrogen-bond acceptors (Lipinski definition) is 5. The largest absolute Gasteiger partial charge is 0.478 e. The van der Waals surface area contributed by atoms with Crippen molar-refractivity contribution >= 4 is 32.4 Å². The molecule has 1 aromatic heterocycles. The van der Waals surface area contributed by atoms with E-state index >= 15 is 0 Å². The Kier molecular flexibility index (Phi) is 3.75. The van der Waals surface area contributed by atoms with Crippen molar-refractivity contribution in [1.82, 2.24) is 4.98 Å². The minimum absolute atomic E-state index is 0.0986. The third kappa shape index (κ3) is 3.01. The van der Waals surface area contributed by atoms with Gasteiger partial charge >= 0.3 is 5.97 Å². The molecule has 1 aromatic carbocycles. The number of aryl methyl sites for hydroxylation is 1. The Balaban J connectivity index is 2.11. The molecule has 23 heavy (non-hydrogen) atoms. The van der Waals surface area contributed by atoms with Gasteiger partial charge in [-0.3, -0.25) is 4.98 Å². The first kappa shape index (κ1) is 15.7. The van der Waals surface area contributed by atoms with Crippen LogP contribution in [0.25, 0.3) is 10.9 Å². The van der Waals surface area contributed by atoms with Crippen molar-refractivity contribution in [2.75, 3.05) is 23.5 Å². The smallest absolute Gasteiger partial charge is 0.335 e. The summed E-state index contributed by atoms with van der Waals surface area (Å²) in [5.41, 5.74) is 2.52. The topological polar surface area (TPSA) is 87.6 Å². The van der Waals surface area contributed by atoms with Gasteiger partial charge in [0.1, 0.15) is 0 Å². The third-order valence-electron chi connectivity index (χ3n) is 4.30. The summed E-state index contributed by atoms with van der Waals surface area (Å²) in [5, 5.41) is 9.92. The van der Waals surface area contributed by atoms with E-state index in [-0.39, 0.29) is 23.1 Å². The van der Waals surface area contributed by atoms with E-state index in [9.17, 15) is 18.3 Å². The van der Waals surface area contributed by atoms with Gasteiger partial charge in [-0.15, -0.1) is 0 Å². The summed E-state index contributed by atoms with van der Waals surface area (Å²) in [4.78, 5) is 17.6. The fourth-order valence-corrected chi connectivity index (χ4v) is 4.81. The molecule has 3 rings (SSSR count). The second-order valence-electron chi connectivity index (χ2n) is 5.99. The second-order valence-corrected chi connectivity index (χ2v) is 8.22. The minimum Gasteiger partial charge on any atom is -0.478 e. The number of rotatable bonds is 3. The Morgan fingerprint density at radius 3 is 2.70 bits per heavy atom. The number of carboxylic acid groups (broad SMARTS) is 1. The zero-order valence-corrected chi connectivity index (χ0v) is 13.8. The highest BCUT2D eigenvalue weighted by Crippen LogP contribution is 2.30. The van der Waals surface area contributed by atoms with Crippen LogP contribution in [0.2, 0.25) is 0 Å². The molecule has 0 radical (unpaired) electrons. The van der Waals surface area contributed by atoms with E-state index in [2.05, 4.69) is 4.98 Å². The number of hydrogen-bond donors (Lipinski definition) is 1. The van der Waals surface area contributed by atoms with Gasteiger partial charge in [-0.1, -0.05) is 0 Å². The van der Waals surface area contributed by atoms with Crippen LogP contribution < -0.4 is 4.90 Å². The molecule has 1 unspecified atom stereocenters. The molecule has 0 aliphatic carbocycles. The number of nitrogens with zero attached hydrogens (tertiary/aromatic N) is 2. The Morgan fingerprint density at radius 2 is 2.09 bits per heavy atom. The molecule has 1 saturated heterocycles. The van der Waals surface area contributed by atoms with Crippen LogP contribution in [0.5, 0.6) is 0 Å². The number of sulfone groups is 1. The second kappa shape index (κ2) is 5.49. The van der Waals surface area contributed by atoms with E-state index in [0.717, 1.165) is 16.8 Å². The molecule has 1 fully saturated rings. The molecule has 1 aliphatic heterocycles. The molecule has 2 aromatic rings. The van der Waals surface area contributed by atoms with Crippen molar-refractivity contribution in [2.24, 2.45) is 0 Å². The van der Waals surface area contributed by atoms with E-state index in [0.29, 0.717) is 11.9 Å². The minimum atomic E-state index is -2.98. The maximum atomic E-state index is 11.7. The van der Waals surface area contributed by atoms with Crippen molar-refractivity contribution in [3.05, 3.63) is 35.5 Å². The zero-order chi connectivity index (χ0) is 16.8. The maximum absolute atomic E-state index is 11.7. The molecule has 6 nitrogen and oxygen atoms in total. The lowest BCUT2D eigenvalue weighted by Gasteiger charge is -2.27. The number of carboxylic acids is 1. The number of fused-ring (bicyclic) bond motifs is 1. The van der Waals surface area contributed by atoms with Gasteiger partial charge in [0.05, 0.1) is 22.6 Å². The van der Waals surface area contributed by atoms with Crippen molar-refractivity contribution in [1.29, 1.82) is 0 Å². The average molecular weight is 334 g/mol. The molecule has 1 N–H and O–H groups in total. The van der Waals surface area contributed by atoms with Gasteiger partial charge in [-0.05, 0) is 37.6 Å². The molecule has 7 heteroatoms. The summed E-state index contributed by atoms with van der Waals surface area (Å²) >= 11 is 0. The summed E-state index contributed by atoms with van der Waals surface area (Å²) in [7, 11) is -1.13. The SMILES string of the molecule is Cc1cc(N(C)C2CCS(=O)(=O)C2)c2cc(C(=O)O)ccc2n1. The predicted octanol–water partition coefficient (Wildman–Crippen LogP) is 1.86. The molecule has 0 bridgehead atoms. The summed E-state index contributed by atoms with van der Waals surface area (Å²) < 4.78 is 23.5. The molecule has 0 amide bonds. The first-order valence-electron chi connectivity index (χ1n) is 7.35. The Morgan fingerprint density at radius 1 is 1.35 bits per heavy atom. The lowest BCUT2D eigenvalue weighted by atomic mass is 10.1. The normalized spacial score (nSPS) is 19.8. The number of aromatic carboxylic acids is 1. The molecular formula is C16H18N2O4S. The number of carbonyl (C=O) groups is 1. The van der Waals surface area contributed by atoms with Gasteiger partial charge < -0.3 is 10.0 Å². The van der Waals surface area contributed by atoms with Crippen LogP contribution in [0.15, 0.2) is 24.3 Å². The van der Waals surface area contributed by atoms with E-state index in [1.54, 1.807) is 12.1 Å². The lowest BCUT2D eigenvalue weighted by molar-refractivity contribution is 0.0697. The molecule has 122 valence electrons. The molecule has 2 heterocycles. The van der Waals surface area contributed by atoms with E-state index in [1.165, 1.54) is 6.07 Å². The molecule has 0 saturated carbocycles. The van der Waals surface area contributed by atoms with Crippen LogP contribution in [-0.4, -0.2) is 49.1 Å². The zero-order valence-electron chi connectivity index (χ0n) is 13.0. The number of anilines is 1. The molecular weight excluding hydrogens is 316 g/mol. The van der Waals surface area contributed by atoms with Gasteiger partial charge in [0.25, 0.3) is 0 Å². The number of pyridine rings is 1. The average Bonchev–Trinajstić information content (AvgIpc) is 2.85.